The normalized spacial score (nSPS) is 19.4. The Morgan fingerprint density at radius 1 is 1.59 bits per heavy atom. The summed E-state index contributed by atoms with van der Waals surface area (Å²) in [5, 5.41) is 3.15. The first kappa shape index (κ1) is 12.3. The van der Waals surface area contributed by atoms with Crippen LogP contribution in [-0.4, -0.2) is 37.0 Å². The van der Waals surface area contributed by atoms with Gasteiger partial charge in [-0.05, 0) is 25.1 Å². The van der Waals surface area contributed by atoms with Gasteiger partial charge in [-0.1, -0.05) is 17.7 Å². The summed E-state index contributed by atoms with van der Waals surface area (Å²) in [5.74, 6) is -0.962. The molecule has 1 saturated heterocycles. The molecule has 17 heavy (non-hydrogen) atoms. The summed E-state index contributed by atoms with van der Waals surface area (Å²) in [6.45, 7) is 1.64. The fourth-order valence-corrected chi connectivity index (χ4v) is 2.17. The molecule has 0 saturated carbocycles. The summed E-state index contributed by atoms with van der Waals surface area (Å²) in [4.78, 5) is 13.7. The molecular weight excluding hydrogens is 243 g/mol. The minimum Gasteiger partial charge on any atom is -0.337 e. The van der Waals surface area contributed by atoms with Gasteiger partial charge in [0.1, 0.15) is 0 Å². The molecule has 1 amide bonds. The smallest absolute Gasteiger partial charge is 0.256 e. The van der Waals surface area contributed by atoms with E-state index in [1.165, 1.54) is 12.1 Å². The van der Waals surface area contributed by atoms with E-state index in [-0.39, 0.29) is 22.5 Å². The fraction of sp³-hybridized carbons (Fsp3) is 0.417. The van der Waals surface area contributed by atoms with Crippen LogP contribution in [0.5, 0.6) is 0 Å². The maximum Gasteiger partial charge on any atom is 0.256 e. The predicted octanol–water partition coefficient (Wildman–Crippen LogP) is 1.91. The Morgan fingerprint density at radius 3 is 3.00 bits per heavy atom. The van der Waals surface area contributed by atoms with Gasteiger partial charge >= 0.3 is 0 Å². The fourth-order valence-electron chi connectivity index (χ4n) is 1.99. The van der Waals surface area contributed by atoms with E-state index in [9.17, 15) is 9.18 Å². The van der Waals surface area contributed by atoms with E-state index in [0.717, 1.165) is 19.5 Å². The summed E-state index contributed by atoms with van der Waals surface area (Å²) in [6.07, 6.45) is 0.893. The molecule has 1 heterocycles. The highest BCUT2D eigenvalue weighted by Gasteiger charge is 2.26. The zero-order chi connectivity index (χ0) is 12.4. The monoisotopic (exact) mass is 256 g/mol. The van der Waals surface area contributed by atoms with Gasteiger partial charge in [0, 0.05) is 19.6 Å². The van der Waals surface area contributed by atoms with Crippen LogP contribution in [0.25, 0.3) is 0 Å². The zero-order valence-corrected chi connectivity index (χ0v) is 10.3. The SMILES string of the molecule is CN(C(=O)c1cccc(Cl)c1F)C1CCNC1. The molecule has 1 N–H and O–H groups in total. The molecule has 92 valence electrons. The number of carbonyl (C=O) groups is 1. The Balaban J connectivity index is 2.21. The van der Waals surface area contributed by atoms with Crippen LogP contribution >= 0.6 is 11.6 Å². The van der Waals surface area contributed by atoms with Gasteiger partial charge in [0.25, 0.3) is 5.91 Å². The van der Waals surface area contributed by atoms with Gasteiger partial charge in [-0.25, -0.2) is 4.39 Å². The first-order valence-electron chi connectivity index (χ1n) is 5.53. The molecular formula is C12H14ClFN2O. The quantitative estimate of drug-likeness (QED) is 0.877. The van der Waals surface area contributed by atoms with Crippen molar-refractivity contribution in [2.75, 3.05) is 20.1 Å². The molecule has 0 bridgehead atoms. The van der Waals surface area contributed by atoms with Crippen LogP contribution in [0, 0.1) is 5.82 Å². The lowest BCUT2D eigenvalue weighted by Gasteiger charge is -2.24. The largest absolute Gasteiger partial charge is 0.337 e. The number of nitrogens with one attached hydrogen (secondary N) is 1. The number of halogens is 2. The van der Waals surface area contributed by atoms with Gasteiger partial charge in [-0.15, -0.1) is 0 Å². The summed E-state index contributed by atoms with van der Waals surface area (Å²) >= 11 is 5.66. The number of carbonyl (C=O) groups excluding carboxylic acids is 1. The van der Waals surface area contributed by atoms with E-state index in [1.807, 2.05) is 0 Å². The van der Waals surface area contributed by atoms with Gasteiger partial charge in [0.05, 0.1) is 10.6 Å². The van der Waals surface area contributed by atoms with Crippen molar-refractivity contribution >= 4 is 17.5 Å². The zero-order valence-electron chi connectivity index (χ0n) is 9.54. The number of likely N-dealkylation sites (N-methyl/N-ethyl adjacent to an activating group) is 1. The average molecular weight is 257 g/mol. The Kier molecular flexibility index (Phi) is 3.64. The van der Waals surface area contributed by atoms with Crippen molar-refractivity contribution in [2.24, 2.45) is 0 Å². The van der Waals surface area contributed by atoms with Crippen molar-refractivity contribution in [3.63, 3.8) is 0 Å². The van der Waals surface area contributed by atoms with Crippen LogP contribution in [0.4, 0.5) is 4.39 Å². The second-order valence-corrected chi connectivity index (χ2v) is 4.57. The van der Waals surface area contributed by atoms with E-state index in [1.54, 1.807) is 18.0 Å². The highest BCUT2D eigenvalue weighted by Crippen LogP contribution is 2.20. The van der Waals surface area contributed by atoms with Crippen molar-refractivity contribution in [3.8, 4) is 0 Å². The minimum absolute atomic E-state index is 0.0196. The van der Waals surface area contributed by atoms with Gasteiger partial charge < -0.3 is 10.2 Å². The number of nitrogens with zero attached hydrogens (tertiary/aromatic N) is 1. The first-order chi connectivity index (χ1) is 8.11. The number of hydrogen-bond donors (Lipinski definition) is 1. The third-order valence-electron chi connectivity index (χ3n) is 3.08. The summed E-state index contributed by atoms with van der Waals surface area (Å²) in [5.41, 5.74) is 0.0342. The van der Waals surface area contributed by atoms with E-state index >= 15 is 0 Å². The number of rotatable bonds is 2. The molecule has 1 aliphatic rings. The van der Waals surface area contributed by atoms with Gasteiger partial charge in [0.2, 0.25) is 0 Å². The topological polar surface area (TPSA) is 32.3 Å². The number of amides is 1. The molecule has 1 unspecified atom stereocenters. The first-order valence-corrected chi connectivity index (χ1v) is 5.91. The summed E-state index contributed by atoms with van der Waals surface area (Å²) in [6, 6.07) is 4.60. The molecule has 0 radical (unpaired) electrons. The highest BCUT2D eigenvalue weighted by molar-refractivity contribution is 6.31. The van der Waals surface area contributed by atoms with Crippen molar-refractivity contribution in [3.05, 3.63) is 34.6 Å². The lowest BCUT2D eigenvalue weighted by molar-refractivity contribution is 0.0739. The lowest BCUT2D eigenvalue weighted by Crippen LogP contribution is -2.38. The van der Waals surface area contributed by atoms with E-state index in [2.05, 4.69) is 5.32 Å². The minimum atomic E-state index is -0.642. The van der Waals surface area contributed by atoms with Crippen LogP contribution in [-0.2, 0) is 0 Å². The molecule has 2 rings (SSSR count). The number of benzene rings is 1. The Labute approximate surface area is 105 Å². The molecule has 1 fully saturated rings. The molecule has 1 aromatic carbocycles. The molecule has 0 aromatic heterocycles. The van der Waals surface area contributed by atoms with Crippen LogP contribution in [0.2, 0.25) is 5.02 Å². The molecule has 5 heteroatoms. The second-order valence-electron chi connectivity index (χ2n) is 4.16. The van der Waals surface area contributed by atoms with Gasteiger partial charge in [0.15, 0.2) is 5.82 Å². The van der Waals surface area contributed by atoms with Crippen LogP contribution in [0.15, 0.2) is 18.2 Å². The van der Waals surface area contributed by atoms with Crippen molar-refractivity contribution < 1.29 is 9.18 Å². The molecule has 0 aliphatic carbocycles. The van der Waals surface area contributed by atoms with E-state index in [0.29, 0.717) is 0 Å². The second kappa shape index (κ2) is 5.02. The molecule has 0 spiro atoms. The predicted molar refractivity (Wildman–Crippen MR) is 64.8 cm³/mol. The van der Waals surface area contributed by atoms with E-state index < -0.39 is 5.82 Å². The Morgan fingerprint density at radius 2 is 2.35 bits per heavy atom. The van der Waals surface area contributed by atoms with Crippen molar-refractivity contribution in [2.45, 2.75) is 12.5 Å². The maximum absolute atomic E-state index is 13.7. The van der Waals surface area contributed by atoms with Crippen LogP contribution in [0.1, 0.15) is 16.8 Å². The third-order valence-corrected chi connectivity index (χ3v) is 3.38. The molecule has 1 aliphatic heterocycles. The van der Waals surface area contributed by atoms with Crippen LogP contribution < -0.4 is 5.32 Å². The van der Waals surface area contributed by atoms with Gasteiger partial charge in [-0.3, -0.25) is 4.79 Å². The Bertz CT molecular complexity index is 433. The average Bonchev–Trinajstić information content (AvgIpc) is 2.84. The van der Waals surface area contributed by atoms with Crippen molar-refractivity contribution in [1.29, 1.82) is 0 Å². The highest BCUT2D eigenvalue weighted by atomic mass is 35.5. The molecule has 1 atom stereocenters. The summed E-state index contributed by atoms with van der Waals surface area (Å²) < 4.78 is 13.7. The van der Waals surface area contributed by atoms with E-state index in [4.69, 9.17) is 11.6 Å². The third kappa shape index (κ3) is 2.42. The lowest BCUT2D eigenvalue weighted by atomic mass is 10.1. The molecule has 3 nitrogen and oxygen atoms in total. The van der Waals surface area contributed by atoms with Crippen LogP contribution in [0.3, 0.4) is 0 Å². The van der Waals surface area contributed by atoms with Gasteiger partial charge in [-0.2, -0.15) is 0 Å². The molecule has 1 aromatic rings. The Hall–Kier alpha value is -1.13. The standard InChI is InChI=1S/C12H14ClFN2O/c1-16(8-5-6-15-7-8)12(17)9-3-2-4-10(13)11(9)14/h2-4,8,15H,5-7H2,1H3. The van der Waals surface area contributed by atoms with Crippen molar-refractivity contribution in [1.82, 2.24) is 10.2 Å². The number of hydrogen-bond acceptors (Lipinski definition) is 2. The summed E-state index contributed by atoms with van der Waals surface area (Å²) in [7, 11) is 1.69. The maximum atomic E-state index is 13.7.